The Labute approximate surface area is 141 Å². The van der Waals surface area contributed by atoms with Crippen molar-refractivity contribution in [1.82, 2.24) is 10.3 Å². The summed E-state index contributed by atoms with van der Waals surface area (Å²) in [6.45, 7) is 6.80. The molecular weight excluding hydrogens is 375 g/mol. The van der Waals surface area contributed by atoms with Gasteiger partial charge in [0.25, 0.3) is 0 Å². The average Bonchev–Trinajstić information content (AvgIpc) is 2.77. The topological polar surface area (TPSA) is 24.9 Å². The molecule has 2 nitrogen and oxygen atoms in total. The number of benzene rings is 1. The summed E-state index contributed by atoms with van der Waals surface area (Å²) in [5.74, 6) is -0.384. The van der Waals surface area contributed by atoms with Crippen molar-refractivity contribution in [3.05, 3.63) is 48.6 Å². The molecule has 0 amide bonds. The monoisotopic (exact) mass is 390 g/mol. The Balaban J connectivity index is 2.50. The van der Waals surface area contributed by atoms with E-state index in [9.17, 15) is 4.39 Å². The number of rotatable bonds is 5. The van der Waals surface area contributed by atoms with Gasteiger partial charge in [0.15, 0.2) is 0 Å². The van der Waals surface area contributed by atoms with Crippen LogP contribution in [0, 0.1) is 19.7 Å². The van der Waals surface area contributed by atoms with Crippen LogP contribution in [0.4, 0.5) is 4.39 Å². The molecular formula is C15H17BrClFN2S. The molecule has 0 aliphatic carbocycles. The van der Waals surface area contributed by atoms with Gasteiger partial charge in [-0.15, -0.1) is 11.3 Å². The van der Waals surface area contributed by atoms with E-state index in [2.05, 4.69) is 33.2 Å². The summed E-state index contributed by atoms with van der Waals surface area (Å²) in [6.07, 6.45) is 0.971. The van der Waals surface area contributed by atoms with Gasteiger partial charge in [0.2, 0.25) is 0 Å². The number of nitrogens with one attached hydrogen (secondary N) is 1. The first kappa shape index (κ1) is 16.9. The third-order valence-corrected chi connectivity index (χ3v) is 5.57. The van der Waals surface area contributed by atoms with Gasteiger partial charge in [0, 0.05) is 14.9 Å². The van der Waals surface area contributed by atoms with E-state index in [1.807, 2.05) is 13.8 Å². The Morgan fingerprint density at radius 2 is 2.14 bits per heavy atom. The number of halogens is 3. The van der Waals surface area contributed by atoms with Gasteiger partial charge in [0.05, 0.1) is 21.8 Å². The number of hydrogen-bond acceptors (Lipinski definition) is 3. The molecule has 1 heterocycles. The number of nitrogens with zero attached hydrogens (tertiary/aromatic N) is 1. The highest BCUT2D eigenvalue weighted by Crippen LogP contribution is 2.35. The van der Waals surface area contributed by atoms with Crippen LogP contribution >= 0.6 is 38.9 Å². The standard InChI is InChI=1S/C15H17BrClFN2S/c1-4-7-19-14(15-8(2)20-9(3)21-15)10-5-6-11(16)12(17)13(10)18/h5-6,14,19H,4,7H2,1-3H3. The van der Waals surface area contributed by atoms with E-state index in [0.29, 0.717) is 10.0 Å². The van der Waals surface area contributed by atoms with Crippen molar-refractivity contribution in [2.45, 2.75) is 33.2 Å². The van der Waals surface area contributed by atoms with Crippen molar-refractivity contribution in [2.75, 3.05) is 6.54 Å². The minimum atomic E-state index is -0.384. The lowest BCUT2D eigenvalue weighted by molar-refractivity contribution is 0.549. The van der Waals surface area contributed by atoms with Gasteiger partial charge in [-0.25, -0.2) is 9.37 Å². The Bertz CT molecular complexity index is 645. The van der Waals surface area contributed by atoms with Crippen molar-refractivity contribution in [2.24, 2.45) is 0 Å². The fourth-order valence-corrected chi connectivity index (χ4v) is 3.71. The van der Waals surface area contributed by atoms with E-state index in [0.717, 1.165) is 28.5 Å². The fraction of sp³-hybridized carbons (Fsp3) is 0.400. The zero-order chi connectivity index (χ0) is 15.6. The van der Waals surface area contributed by atoms with Crippen molar-refractivity contribution >= 4 is 38.9 Å². The molecule has 1 aromatic heterocycles. The van der Waals surface area contributed by atoms with Gasteiger partial charge < -0.3 is 5.32 Å². The molecule has 1 aromatic carbocycles. The summed E-state index contributed by atoms with van der Waals surface area (Å²) >= 11 is 10.9. The number of aryl methyl sites for hydroxylation is 2. The lowest BCUT2D eigenvalue weighted by atomic mass is 10.0. The number of aromatic nitrogens is 1. The first-order valence-electron chi connectivity index (χ1n) is 6.76. The molecule has 0 saturated carbocycles. The van der Waals surface area contributed by atoms with Crippen molar-refractivity contribution < 1.29 is 4.39 Å². The molecule has 0 spiro atoms. The van der Waals surface area contributed by atoms with Crippen LogP contribution in [0.3, 0.4) is 0 Å². The third-order valence-electron chi connectivity index (χ3n) is 3.18. The van der Waals surface area contributed by atoms with E-state index in [4.69, 9.17) is 11.6 Å². The summed E-state index contributed by atoms with van der Waals surface area (Å²) in [7, 11) is 0. The van der Waals surface area contributed by atoms with Crippen LogP contribution in [0.1, 0.15) is 40.5 Å². The van der Waals surface area contributed by atoms with E-state index < -0.39 is 0 Å². The molecule has 0 bridgehead atoms. The van der Waals surface area contributed by atoms with Gasteiger partial charge in [-0.2, -0.15) is 0 Å². The quantitative estimate of drug-likeness (QED) is 0.690. The third kappa shape index (κ3) is 3.65. The van der Waals surface area contributed by atoms with Gasteiger partial charge in [0.1, 0.15) is 5.82 Å². The second-order valence-electron chi connectivity index (χ2n) is 4.83. The maximum Gasteiger partial charge on any atom is 0.148 e. The minimum absolute atomic E-state index is 0.120. The van der Waals surface area contributed by atoms with Crippen LogP contribution in [-0.4, -0.2) is 11.5 Å². The van der Waals surface area contributed by atoms with Crippen molar-refractivity contribution in [1.29, 1.82) is 0 Å². The minimum Gasteiger partial charge on any atom is -0.305 e. The molecule has 2 aromatic rings. The van der Waals surface area contributed by atoms with Gasteiger partial charge in [-0.3, -0.25) is 0 Å². The molecule has 114 valence electrons. The smallest absolute Gasteiger partial charge is 0.148 e. The number of hydrogen-bond donors (Lipinski definition) is 1. The van der Waals surface area contributed by atoms with E-state index >= 15 is 0 Å². The fourth-order valence-electron chi connectivity index (χ4n) is 2.21. The lowest BCUT2D eigenvalue weighted by Crippen LogP contribution is -2.24. The summed E-state index contributed by atoms with van der Waals surface area (Å²) < 4.78 is 15.1. The van der Waals surface area contributed by atoms with E-state index in [1.165, 1.54) is 0 Å². The average molecular weight is 392 g/mol. The van der Waals surface area contributed by atoms with E-state index in [-0.39, 0.29) is 16.9 Å². The molecule has 21 heavy (non-hydrogen) atoms. The first-order chi connectivity index (χ1) is 9.95. The molecule has 0 aliphatic rings. The van der Waals surface area contributed by atoms with Crippen LogP contribution in [0.2, 0.25) is 5.02 Å². The summed E-state index contributed by atoms with van der Waals surface area (Å²) in [5, 5.41) is 4.50. The maximum absolute atomic E-state index is 14.5. The highest BCUT2D eigenvalue weighted by atomic mass is 79.9. The van der Waals surface area contributed by atoms with Crippen LogP contribution in [0.15, 0.2) is 16.6 Å². The highest BCUT2D eigenvalue weighted by Gasteiger charge is 2.24. The summed E-state index contributed by atoms with van der Waals surface area (Å²) in [5.41, 5.74) is 1.49. The summed E-state index contributed by atoms with van der Waals surface area (Å²) in [6, 6.07) is 3.33. The zero-order valence-electron chi connectivity index (χ0n) is 12.1. The normalized spacial score (nSPS) is 12.7. The molecule has 1 unspecified atom stereocenters. The second-order valence-corrected chi connectivity index (χ2v) is 7.30. The summed E-state index contributed by atoms with van der Waals surface area (Å²) in [4.78, 5) is 5.49. The van der Waals surface area contributed by atoms with Crippen molar-refractivity contribution in [3.8, 4) is 0 Å². The molecule has 0 fully saturated rings. The Morgan fingerprint density at radius 1 is 1.43 bits per heavy atom. The van der Waals surface area contributed by atoms with Crippen LogP contribution < -0.4 is 5.32 Å². The SMILES string of the molecule is CCCNC(c1ccc(Br)c(Cl)c1F)c1sc(C)nc1C. The predicted octanol–water partition coefficient (Wildman–Crippen LogP) is 5.40. The molecule has 0 aliphatic heterocycles. The van der Waals surface area contributed by atoms with Gasteiger partial charge in [-0.05, 0) is 48.8 Å². The number of thiazole rings is 1. The highest BCUT2D eigenvalue weighted by molar-refractivity contribution is 9.10. The Hall–Kier alpha value is -0.490. The molecule has 0 saturated heterocycles. The van der Waals surface area contributed by atoms with Crippen molar-refractivity contribution in [3.63, 3.8) is 0 Å². The Morgan fingerprint density at radius 3 is 2.71 bits per heavy atom. The second kappa shape index (κ2) is 7.18. The molecule has 1 N–H and O–H groups in total. The zero-order valence-corrected chi connectivity index (χ0v) is 15.3. The molecule has 2 rings (SSSR count). The van der Waals surface area contributed by atoms with Crippen LogP contribution in [0.25, 0.3) is 0 Å². The Kier molecular flexibility index (Phi) is 5.77. The van der Waals surface area contributed by atoms with Gasteiger partial charge in [-0.1, -0.05) is 24.6 Å². The van der Waals surface area contributed by atoms with Gasteiger partial charge >= 0.3 is 0 Å². The largest absolute Gasteiger partial charge is 0.305 e. The molecule has 1 atom stereocenters. The van der Waals surface area contributed by atoms with Crippen LogP contribution in [-0.2, 0) is 0 Å². The van der Waals surface area contributed by atoms with Crippen LogP contribution in [0.5, 0.6) is 0 Å². The maximum atomic E-state index is 14.5. The van der Waals surface area contributed by atoms with E-state index in [1.54, 1.807) is 23.5 Å². The molecule has 0 radical (unpaired) electrons. The lowest BCUT2D eigenvalue weighted by Gasteiger charge is -2.20. The predicted molar refractivity (Wildman–Crippen MR) is 90.8 cm³/mol. The molecule has 6 heteroatoms. The first-order valence-corrected chi connectivity index (χ1v) is 8.75.